The summed E-state index contributed by atoms with van der Waals surface area (Å²) in [6, 6.07) is 2.94. The largest absolute Gasteiger partial charge is 0.285 e. The van der Waals surface area contributed by atoms with Crippen molar-refractivity contribution in [2.75, 3.05) is 0 Å². The van der Waals surface area contributed by atoms with Crippen LogP contribution in [0.3, 0.4) is 0 Å². The minimum Gasteiger partial charge on any atom is -0.285 e. The van der Waals surface area contributed by atoms with Crippen molar-refractivity contribution in [2.24, 2.45) is 0 Å². The minimum absolute atomic E-state index is 0.0856. The van der Waals surface area contributed by atoms with Crippen LogP contribution in [0.4, 0.5) is 0 Å². The van der Waals surface area contributed by atoms with Gasteiger partial charge in [0, 0.05) is 0 Å². The van der Waals surface area contributed by atoms with Crippen molar-refractivity contribution in [2.45, 2.75) is 0 Å². The molecule has 1 aromatic rings. The van der Waals surface area contributed by atoms with E-state index in [0.717, 1.165) is 0 Å². The highest BCUT2D eigenvalue weighted by atomic mass is 35.5. The van der Waals surface area contributed by atoms with Crippen molar-refractivity contribution < 1.29 is 4.79 Å². The van der Waals surface area contributed by atoms with Crippen LogP contribution in [0.15, 0.2) is 12.1 Å². The lowest BCUT2D eigenvalue weighted by atomic mass is 10.3. The first-order valence-electron chi connectivity index (χ1n) is 2.44. The summed E-state index contributed by atoms with van der Waals surface area (Å²) < 4.78 is 0. The summed E-state index contributed by atoms with van der Waals surface area (Å²) in [7, 11) is 0. The van der Waals surface area contributed by atoms with E-state index in [4.69, 9.17) is 23.2 Å². The van der Waals surface area contributed by atoms with Gasteiger partial charge < -0.3 is 0 Å². The van der Waals surface area contributed by atoms with Crippen LogP contribution < -0.4 is 0 Å². The Morgan fingerprint density at radius 2 is 2.10 bits per heavy atom. The second kappa shape index (κ2) is 2.99. The van der Waals surface area contributed by atoms with Crippen LogP contribution in [0.5, 0.6) is 0 Å². The van der Waals surface area contributed by atoms with Gasteiger partial charge in [-0.15, -0.1) is 0 Å². The van der Waals surface area contributed by atoms with Gasteiger partial charge in [0.05, 0.1) is 5.56 Å². The Hall–Kier alpha value is -0.600. The van der Waals surface area contributed by atoms with Crippen LogP contribution in [0.1, 0.15) is 5.56 Å². The molecule has 1 rings (SSSR count). The molecule has 51 valence electrons. The summed E-state index contributed by atoms with van der Waals surface area (Å²) in [6.07, 6.45) is 1.62. The molecule has 2 nitrogen and oxygen atoms in total. The topological polar surface area (TPSA) is 30.0 Å². The lowest BCUT2D eigenvalue weighted by molar-refractivity contribution is 0.562. The Labute approximate surface area is 67.8 Å². The van der Waals surface area contributed by atoms with E-state index in [9.17, 15) is 4.79 Å². The fraction of sp³-hybridized carbons (Fsp3) is 0. The van der Waals surface area contributed by atoms with E-state index in [2.05, 4.69) is 4.98 Å². The Bertz CT molecular complexity index is 262. The Balaban J connectivity index is 3.19. The van der Waals surface area contributed by atoms with E-state index in [1.54, 1.807) is 6.29 Å². The molecule has 1 radical (unpaired) electrons. The number of hydrogen-bond acceptors (Lipinski definition) is 2. The zero-order chi connectivity index (χ0) is 7.56. The maximum Gasteiger partial charge on any atom is 0.236 e. The molecule has 0 N–H and O–H groups in total. The molecule has 0 aliphatic carbocycles. The van der Waals surface area contributed by atoms with Crippen molar-refractivity contribution in [3.05, 3.63) is 28.0 Å². The molecule has 0 amide bonds. The van der Waals surface area contributed by atoms with Gasteiger partial charge >= 0.3 is 0 Å². The standard InChI is InChI=1S/C6H2Cl2NO/c7-5-2-1-4(3-10)6(8)9-5/h1-2H. The lowest BCUT2D eigenvalue weighted by Crippen LogP contribution is -1.85. The molecule has 0 bridgehead atoms. The van der Waals surface area contributed by atoms with E-state index in [0.29, 0.717) is 0 Å². The van der Waals surface area contributed by atoms with Gasteiger partial charge in [-0.2, -0.15) is 0 Å². The predicted octanol–water partition coefficient (Wildman–Crippen LogP) is 1.85. The summed E-state index contributed by atoms with van der Waals surface area (Å²) in [6.45, 7) is 0. The van der Waals surface area contributed by atoms with Crippen LogP contribution in [0.25, 0.3) is 0 Å². The van der Waals surface area contributed by atoms with Crippen LogP contribution in [0.2, 0.25) is 10.3 Å². The van der Waals surface area contributed by atoms with E-state index >= 15 is 0 Å². The predicted molar refractivity (Wildman–Crippen MR) is 39.1 cm³/mol. The molecule has 4 heteroatoms. The SMILES string of the molecule is O=[C]c1ccc(Cl)nc1Cl. The molecule has 10 heavy (non-hydrogen) atoms. The smallest absolute Gasteiger partial charge is 0.236 e. The number of halogens is 2. The minimum atomic E-state index is 0.0856. The summed E-state index contributed by atoms with van der Waals surface area (Å²) in [5.74, 6) is 0. The Kier molecular flexibility index (Phi) is 2.25. The number of pyridine rings is 1. The van der Waals surface area contributed by atoms with Gasteiger partial charge in [0.1, 0.15) is 10.3 Å². The lowest BCUT2D eigenvalue weighted by Gasteiger charge is -1.92. The number of aromatic nitrogens is 1. The third-order valence-corrected chi connectivity index (χ3v) is 1.42. The molecule has 1 aromatic heterocycles. The van der Waals surface area contributed by atoms with Gasteiger partial charge in [0.2, 0.25) is 6.29 Å². The van der Waals surface area contributed by atoms with Crippen molar-refractivity contribution in [1.82, 2.24) is 4.98 Å². The van der Waals surface area contributed by atoms with Crippen molar-refractivity contribution in [3.8, 4) is 0 Å². The summed E-state index contributed by atoms with van der Waals surface area (Å²) in [5, 5.41) is 0.353. The molecule has 0 aromatic carbocycles. The van der Waals surface area contributed by atoms with Gasteiger partial charge in [-0.3, -0.25) is 4.79 Å². The molecule has 0 saturated heterocycles. The number of hydrogen-bond donors (Lipinski definition) is 0. The zero-order valence-electron chi connectivity index (χ0n) is 4.77. The van der Waals surface area contributed by atoms with E-state index in [-0.39, 0.29) is 15.9 Å². The number of carbonyl (C=O) groups excluding carboxylic acids is 1. The van der Waals surface area contributed by atoms with E-state index in [1.165, 1.54) is 12.1 Å². The van der Waals surface area contributed by atoms with Gasteiger partial charge in [0.15, 0.2) is 0 Å². The van der Waals surface area contributed by atoms with E-state index in [1.807, 2.05) is 0 Å². The number of rotatable bonds is 1. The fourth-order valence-electron chi connectivity index (χ4n) is 0.488. The molecule has 1 heterocycles. The van der Waals surface area contributed by atoms with Crippen LogP contribution in [-0.2, 0) is 4.79 Å². The first kappa shape index (κ1) is 7.51. The molecule has 0 fully saturated rings. The van der Waals surface area contributed by atoms with Gasteiger partial charge in [-0.05, 0) is 12.1 Å². The molecule has 0 aliphatic rings. The highest BCUT2D eigenvalue weighted by Crippen LogP contribution is 2.13. The third kappa shape index (κ3) is 1.46. The average Bonchev–Trinajstić information content (AvgIpc) is 1.88. The molecule has 0 spiro atoms. The highest BCUT2D eigenvalue weighted by molar-refractivity contribution is 6.33. The third-order valence-electron chi connectivity index (χ3n) is 0.925. The van der Waals surface area contributed by atoms with Crippen LogP contribution >= 0.6 is 23.2 Å². The zero-order valence-corrected chi connectivity index (χ0v) is 6.28. The summed E-state index contributed by atoms with van der Waals surface area (Å²) >= 11 is 10.9. The first-order valence-corrected chi connectivity index (χ1v) is 3.20. The van der Waals surface area contributed by atoms with Crippen molar-refractivity contribution in [1.29, 1.82) is 0 Å². The van der Waals surface area contributed by atoms with E-state index < -0.39 is 0 Å². The quantitative estimate of drug-likeness (QED) is 0.609. The second-order valence-electron chi connectivity index (χ2n) is 1.57. The normalized spacial score (nSPS) is 9.40. The molecular weight excluding hydrogens is 173 g/mol. The van der Waals surface area contributed by atoms with Gasteiger partial charge in [-0.25, -0.2) is 4.98 Å². The molecule has 0 unspecified atom stereocenters. The average molecular weight is 175 g/mol. The molecule has 0 saturated carbocycles. The highest BCUT2D eigenvalue weighted by Gasteiger charge is 2.00. The molecule has 0 aliphatic heterocycles. The van der Waals surface area contributed by atoms with Gasteiger partial charge in [0.25, 0.3) is 0 Å². The molecular formula is C6H2Cl2NO. The maximum absolute atomic E-state index is 10.0. The van der Waals surface area contributed by atoms with Crippen LogP contribution in [0, 0.1) is 0 Å². The van der Waals surface area contributed by atoms with Crippen molar-refractivity contribution >= 4 is 29.5 Å². The maximum atomic E-state index is 10.0. The fourth-order valence-corrected chi connectivity index (χ4v) is 0.872. The summed E-state index contributed by atoms with van der Waals surface area (Å²) in [5.41, 5.74) is 0.228. The Morgan fingerprint density at radius 3 is 2.60 bits per heavy atom. The number of nitrogens with zero attached hydrogens (tertiary/aromatic N) is 1. The van der Waals surface area contributed by atoms with Gasteiger partial charge in [-0.1, -0.05) is 23.2 Å². The first-order chi connectivity index (χ1) is 4.74. The van der Waals surface area contributed by atoms with Crippen molar-refractivity contribution in [3.63, 3.8) is 0 Å². The monoisotopic (exact) mass is 174 g/mol. The Morgan fingerprint density at radius 1 is 1.40 bits per heavy atom. The molecule has 0 atom stereocenters. The second-order valence-corrected chi connectivity index (χ2v) is 2.32. The summed E-state index contributed by atoms with van der Waals surface area (Å²) in [4.78, 5) is 13.7. The van der Waals surface area contributed by atoms with Crippen LogP contribution in [-0.4, -0.2) is 11.3 Å².